The van der Waals surface area contributed by atoms with Gasteiger partial charge in [-0.1, -0.05) is 11.6 Å². The molecular formula is C19H23ClN6O. The lowest BCUT2D eigenvalue weighted by Crippen LogP contribution is -2.40. The van der Waals surface area contributed by atoms with Gasteiger partial charge in [-0.3, -0.25) is 5.10 Å². The second kappa shape index (κ2) is 6.98. The number of H-pyrrole nitrogens is 1. The van der Waals surface area contributed by atoms with Gasteiger partial charge in [0.1, 0.15) is 17.4 Å². The average Bonchev–Trinajstić information content (AvgIpc) is 2.97. The summed E-state index contributed by atoms with van der Waals surface area (Å²) in [6.45, 7) is 5.86. The molecule has 2 aromatic heterocycles. The fourth-order valence-electron chi connectivity index (χ4n) is 3.71. The Morgan fingerprint density at radius 1 is 1.26 bits per heavy atom. The average molecular weight is 387 g/mol. The van der Waals surface area contributed by atoms with Crippen molar-refractivity contribution in [3.8, 4) is 5.75 Å². The maximum absolute atomic E-state index is 6.52. The lowest BCUT2D eigenvalue weighted by atomic mass is 9.87. The van der Waals surface area contributed by atoms with Crippen molar-refractivity contribution in [3.63, 3.8) is 0 Å². The molecule has 142 valence electrons. The van der Waals surface area contributed by atoms with Crippen LogP contribution in [0.15, 0.2) is 6.07 Å². The Morgan fingerprint density at radius 2 is 2.04 bits per heavy atom. The van der Waals surface area contributed by atoms with E-state index in [9.17, 15) is 0 Å². The lowest BCUT2D eigenvalue weighted by Gasteiger charge is -2.31. The standard InChI is InChI=1S/C19H23ClN6O/c1-9-13(20)6-11(17(27-3)15(9)12-7-22-8-12)4-5-14-23-18(21)16-10(2)25-26-19(16)24-14/h6,12,22H,4-5,7-8H2,1-3H3,(H3,21,23,24,25,26). The van der Waals surface area contributed by atoms with Crippen molar-refractivity contribution in [3.05, 3.63) is 39.3 Å². The minimum Gasteiger partial charge on any atom is -0.496 e. The normalized spacial score (nSPS) is 14.5. The van der Waals surface area contributed by atoms with Gasteiger partial charge in [-0.25, -0.2) is 9.97 Å². The van der Waals surface area contributed by atoms with Gasteiger partial charge in [0.25, 0.3) is 0 Å². The van der Waals surface area contributed by atoms with Crippen LogP contribution in [0.2, 0.25) is 5.02 Å². The summed E-state index contributed by atoms with van der Waals surface area (Å²) in [5, 5.41) is 12.0. The molecule has 1 aliphatic heterocycles. The Morgan fingerprint density at radius 3 is 2.70 bits per heavy atom. The highest BCUT2D eigenvalue weighted by Crippen LogP contribution is 2.39. The van der Waals surface area contributed by atoms with Crippen molar-refractivity contribution in [2.75, 3.05) is 25.9 Å². The molecule has 0 saturated carbocycles. The molecule has 4 rings (SSSR count). The van der Waals surface area contributed by atoms with E-state index in [-0.39, 0.29) is 0 Å². The highest BCUT2D eigenvalue weighted by Gasteiger charge is 2.27. The van der Waals surface area contributed by atoms with Crippen molar-refractivity contribution < 1.29 is 4.74 Å². The Balaban J connectivity index is 1.66. The van der Waals surface area contributed by atoms with Crippen molar-refractivity contribution in [2.45, 2.75) is 32.6 Å². The number of aromatic amines is 1. The van der Waals surface area contributed by atoms with Gasteiger partial charge < -0.3 is 15.8 Å². The number of ether oxygens (including phenoxy) is 1. The van der Waals surface area contributed by atoms with Gasteiger partial charge in [0.15, 0.2) is 5.65 Å². The van der Waals surface area contributed by atoms with Crippen LogP contribution in [0, 0.1) is 13.8 Å². The summed E-state index contributed by atoms with van der Waals surface area (Å²) in [6, 6.07) is 1.99. The highest BCUT2D eigenvalue weighted by molar-refractivity contribution is 6.31. The number of halogens is 1. The first kappa shape index (κ1) is 18.0. The molecule has 0 atom stereocenters. The molecule has 3 heterocycles. The molecule has 3 aromatic rings. The Labute approximate surface area is 162 Å². The molecule has 27 heavy (non-hydrogen) atoms. The minimum absolute atomic E-state index is 0.438. The van der Waals surface area contributed by atoms with Crippen molar-refractivity contribution in [1.82, 2.24) is 25.5 Å². The number of nitrogens with one attached hydrogen (secondary N) is 2. The number of nitrogen functional groups attached to an aromatic ring is 1. The monoisotopic (exact) mass is 386 g/mol. The molecule has 1 aromatic carbocycles. The number of benzene rings is 1. The number of nitrogens with two attached hydrogens (primary N) is 1. The molecular weight excluding hydrogens is 364 g/mol. The second-order valence-electron chi connectivity index (χ2n) is 7.02. The number of nitrogens with zero attached hydrogens (tertiary/aromatic N) is 3. The van der Waals surface area contributed by atoms with Gasteiger partial charge in [-0.2, -0.15) is 5.10 Å². The molecule has 1 aliphatic rings. The van der Waals surface area contributed by atoms with E-state index in [4.69, 9.17) is 22.1 Å². The Kier molecular flexibility index (Phi) is 4.65. The number of aromatic nitrogens is 4. The number of aryl methyl sites for hydroxylation is 3. The van der Waals surface area contributed by atoms with Crippen LogP contribution < -0.4 is 15.8 Å². The lowest BCUT2D eigenvalue weighted by molar-refractivity contribution is 0.380. The quantitative estimate of drug-likeness (QED) is 0.623. The maximum atomic E-state index is 6.52. The van der Waals surface area contributed by atoms with E-state index in [0.29, 0.717) is 36.0 Å². The summed E-state index contributed by atoms with van der Waals surface area (Å²) in [5.41, 5.74) is 10.9. The fraction of sp³-hybridized carbons (Fsp3) is 0.421. The van der Waals surface area contributed by atoms with Gasteiger partial charge in [0, 0.05) is 41.7 Å². The first-order valence-corrected chi connectivity index (χ1v) is 9.41. The summed E-state index contributed by atoms with van der Waals surface area (Å²) < 4.78 is 5.79. The molecule has 0 aliphatic carbocycles. The molecule has 1 saturated heterocycles. The zero-order valence-electron chi connectivity index (χ0n) is 15.7. The van der Waals surface area contributed by atoms with Crippen molar-refractivity contribution in [2.24, 2.45) is 0 Å². The predicted molar refractivity (Wildman–Crippen MR) is 107 cm³/mol. The number of hydrogen-bond donors (Lipinski definition) is 3. The number of hydrogen-bond acceptors (Lipinski definition) is 6. The molecule has 8 heteroatoms. The van der Waals surface area contributed by atoms with Gasteiger partial charge >= 0.3 is 0 Å². The summed E-state index contributed by atoms with van der Waals surface area (Å²) in [4.78, 5) is 8.99. The van der Waals surface area contributed by atoms with Crippen molar-refractivity contribution >= 4 is 28.5 Å². The number of rotatable bonds is 5. The van der Waals surface area contributed by atoms with Crippen LogP contribution in [0.3, 0.4) is 0 Å². The summed E-state index contributed by atoms with van der Waals surface area (Å²) in [7, 11) is 1.72. The molecule has 0 bridgehead atoms. The molecule has 4 N–H and O–H groups in total. The Hall–Kier alpha value is -2.38. The third-order valence-electron chi connectivity index (χ3n) is 5.28. The minimum atomic E-state index is 0.438. The third-order valence-corrected chi connectivity index (χ3v) is 5.67. The van der Waals surface area contributed by atoms with Crippen LogP contribution in [0.25, 0.3) is 11.0 Å². The first-order valence-electron chi connectivity index (χ1n) is 9.03. The maximum Gasteiger partial charge on any atom is 0.186 e. The summed E-state index contributed by atoms with van der Waals surface area (Å²) >= 11 is 6.52. The fourth-order valence-corrected chi connectivity index (χ4v) is 3.95. The SMILES string of the molecule is COc1c(CCc2nc(N)c3c(C)[nH]nc3n2)cc(Cl)c(C)c1C1CNC1. The van der Waals surface area contributed by atoms with E-state index < -0.39 is 0 Å². The molecule has 7 nitrogen and oxygen atoms in total. The first-order chi connectivity index (χ1) is 13.0. The summed E-state index contributed by atoms with van der Waals surface area (Å²) in [5.74, 6) is 2.48. The zero-order valence-corrected chi connectivity index (χ0v) is 16.4. The topological polar surface area (TPSA) is 102 Å². The summed E-state index contributed by atoms with van der Waals surface area (Å²) in [6.07, 6.45) is 1.34. The van der Waals surface area contributed by atoms with E-state index in [1.807, 2.05) is 13.0 Å². The molecule has 1 fully saturated rings. The smallest absolute Gasteiger partial charge is 0.186 e. The Bertz CT molecular complexity index is 1010. The number of anilines is 1. The molecule has 0 spiro atoms. The van der Waals surface area contributed by atoms with Gasteiger partial charge in [0.05, 0.1) is 12.5 Å². The van der Waals surface area contributed by atoms with Gasteiger partial charge in [0.2, 0.25) is 0 Å². The second-order valence-corrected chi connectivity index (χ2v) is 7.42. The van der Waals surface area contributed by atoms with Gasteiger partial charge in [-0.15, -0.1) is 0 Å². The number of methoxy groups -OCH3 is 1. The van der Waals surface area contributed by atoms with Crippen LogP contribution in [0.1, 0.15) is 34.1 Å². The van der Waals surface area contributed by atoms with E-state index in [1.165, 1.54) is 5.56 Å². The van der Waals surface area contributed by atoms with E-state index >= 15 is 0 Å². The predicted octanol–water partition coefficient (Wildman–Crippen LogP) is 2.69. The molecule has 0 unspecified atom stereocenters. The van der Waals surface area contributed by atoms with E-state index in [0.717, 1.165) is 46.1 Å². The van der Waals surface area contributed by atoms with Crippen LogP contribution in [0.4, 0.5) is 5.82 Å². The molecule has 0 radical (unpaired) electrons. The van der Waals surface area contributed by atoms with Crippen LogP contribution in [-0.4, -0.2) is 40.4 Å². The van der Waals surface area contributed by atoms with E-state index in [2.05, 4.69) is 32.4 Å². The van der Waals surface area contributed by atoms with Crippen LogP contribution in [0.5, 0.6) is 5.75 Å². The molecule has 0 amide bonds. The highest BCUT2D eigenvalue weighted by atomic mass is 35.5. The third kappa shape index (κ3) is 3.11. The van der Waals surface area contributed by atoms with Crippen LogP contribution >= 0.6 is 11.6 Å². The van der Waals surface area contributed by atoms with Gasteiger partial charge in [-0.05, 0) is 37.5 Å². The number of fused-ring (bicyclic) bond motifs is 1. The zero-order chi connectivity index (χ0) is 19.1. The van der Waals surface area contributed by atoms with Crippen molar-refractivity contribution in [1.29, 1.82) is 0 Å². The van der Waals surface area contributed by atoms with Crippen LogP contribution in [-0.2, 0) is 12.8 Å². The van der Waals surface area contributed by atoms with E-state index in [1.54, 1.807) is 7.11 Å². The largest absolute Gasteiger partial charge is 0.496 e.